The van der Waals surface area contributed by atoms with Crippen molar-refractivity contribution >= 4 is 0 Å². The highest BCUT2D eigenvalue weighted by atomic mass is 15.1. The molecule has 1 rings (SSSR count). The highest BCUT2D eigenvalue weighted by Gasteiger charge is 1.98. The van der Waals surface area contributed by atoms with Crippen molar-refractivity contribution in [2.24, 2.45) is 5.92 Å². The molecule has 1 N–H and O–H groups in total. The highest BCUT2D eigenvalue weighted by molar-refractivity contribution is 5.09. The summed E-state index contributed by atoms with van der Waals surface area (Å²) in [5.74, 6) is 0.720. The molecule has 0 spiro atoms. The Kier molecular flexibility index (Phi) is 6.30. The average Bonchev–Trinajstić information content (AvgIpc) is 2.65. The Balaban J connectivity index is 2.23. The maximum atomic E-state index is 3.47. The van der Waals surface area contributed by atoms with E-state index < -0.39 is 0 Å². The van der Waals surface area contributed by atoms with Gasteiger partial charge in [0.15, 0.2) is 0 Å². The topological polar surface area (TPSA) is 20.2 Å². The summed E-state index contributed by atoms with van der Waals surface area (Å²) in [6.45, 7) is 8.81. The van der Waals surface area contributed by atoms with Crippen LogP contribution in [0.15, 0.2) is 18.5 Å². The summed E-state index contributed by atoms with van der Waals surface area (Å²) in [5.41, 5.74) is 1.38. The van der Waals surface area contributed by atoms with Crippen LogP contribution < -0.4 is 5.32 Å². The lowest BCUT2D eigenvalue weighted by atomic mass is 10.2. The monoisotopic (exact) mass is 237 g/mol. The fourth-order valence-electron chi connectivity index (χ4n) is 1.81. The van der Waals surface area contributed by atoms with Crippen LogP contribution in [0.5, 0.6) is 0 Å². The third kappa shape index (κ3) is 6.49. The van der Waals surface area contributed by atoms with Gasteiger partial charge in [0, 0.05) is 25.5 Å². The zero-order chi connectivity index (χ0) is 12.7. The van der Waals surface area contributed by atoms with Crippen molar-refractivity contribution < 1.29 is 0 Å². The highest BCUT2D eigenvalue weighted by Crippen LogP contribution is 2.02. The molecule has 0 aliphatic heterocycles. The van der Waals surface area contributed by atoms with E-state index in [2.05, 4.69) is 61.2 Å². The molecule has 0 atom stereocenters. The van der Waals surface area contributed by atoms with Gasteiger partial charge in [-0.15, -0.1) is 0 Å². The van der Waals surface area contributed by atoms with E-state index >= 15 is 0 Å². The first-order chi connectivity index (χ1) is 8.08. The summed E-state index contributed by atoms with van der Waals surface area (Å²) < 4.78 is 2.29. The minimum Gasteiger partial charge on any atom is -0.354 e. The zero-order valence-corrected chi connectivity index (χ0v) is 11.7. The van der Waals surface area contributed by atoms with Crippen LogP contribution in [0.2, 0.25) is 0 Å². The number of hydrogen-bond donors (Lipinski definition) is 1. The molecule has 0 amide bonds. The summed E-state index contributed by atoms with van der Waals surface area (Å²) in [6, 6.07) is 2.21. The first kappa shape index (κ1) is 14.3. The second kappa shape index (κ2) is 7.51. The van der Waals surface area contributed by atoms with Crippen molar-refractivity contribution in [3.05, 3.63) is 24.0 Å². The molecule has 0 saturated carbocycles. The van der Waals surface area contributed by atoms with Crippen LogP contribution in [0.25, 0.3) is 0 Å². The Morgan fingerprint density at radius 3 is 2.76 bits per heavy atom. The van der Waals surface area contributed by atoms with Gasteiger partial charge in [0.25, 0.3) is 0 Å². The van der Waals surface area contributed by atoms with Gasteiger partial charge < -0.3 is 14.8 Å². The molecule has 0 fully saturated rings. The molecular formula is C14H27N3. The molecule has 0 aliphatic rings. The van der Waals surface area contributed by atoms with Gasteiger partial charge in [-0.25, -0.2) is 0 Å². The third-order valence-electron chi connectivity index (χ3n) is 2.72. The summed E-state index contributed by atoms with van der Waals surface area (Å²) in [7, 11) is 4.24. The Hall–Kier alpha value is -0.800. The van der Waals surface area contributed by atoms with Crippen molar-refractivity contribution in [3.63, 3.8) is 0 Å². The van der Waals surface area contributed by atoms with Crippen LogP contribution in [0.1, 0.15) is 25.8 Å². The molecule has 3 heteroatoms. The van der Waals surface area contributed by atoms with Gasteiger partial charge in [-0.05, 0) is 51.2 Å². The average molecular weight is 237 g/mol. The molecular weight excluding hydrogens is 210 g/mol. The lowest BCUT2D eigenvalue weighted by molar-refractivity contribution is 0.386. The van der Waals surface area contributed by atoms with Gasteiger partial charge >= 0.3 is 0 Å². The minimum absolute atomic E-state index is 0.720. The molecule has 0 aliphatic carbocycles. The normalized spacial score (nSPS) is 11.6. The molecule has 1 aromatic heterocycles. The number of nitrogens with zero attached hydrogens (tertiary/aromatic N) is 2. The summed E-state index contributed by atoms with van der Waals surface area (Å²) in [6.07, 6.45) is 5.64. The number of aromatic nitrogens is 1. The van der Waals surface area contributed by atoms with Gasteiger partial charge in [0.2, 0.25) is 0 Å². The first-order valence-corrected chi connectivity index (χ1v) is 6.58. The Morgan fingerprint density at radius 1 is 1.35 bits per heavy atom. The first-order valence-electron chi connectivity index (χ1n) is 6.58. The van der Waals surface area contributed by atoms with Crippen LogP contribution in [0.4, 0.5) is 0 Å². The molecule has 1 aromatic rings. The molecule has 0 aromatic carbocycles. The van der Waals surface area contributed by atoms with Gasteiger partial charge in [0.05, 0.1) is 0 Å². The summed E-state index contributed by atoms with van der Waals surface area (Å²) >= 11 is 0. The molecule has 1 heterocycles. The van der Waals surface area contributed by atoms with Gasteiger partial charge in [-0.1, -0.05) is 13.8 Å². The van der Waals surface area contributed by atoms with Gasteiger partial charge in [-0.3, -0.25) is 0 Å². The van der Waals surface area contributed by atoms with Gasteiger partial charge in [-0.2, -0.15) is 0 Å². The van der Waals surface area contributed by atoms with Crippen molar-refractivity contribution in [1.82, 2.24) is 14.8 Å². The SMILES string of the molecule is CC(C)CNCc1ccn(CCCN(C)C)c1. The molecule has 0 unspecified atom stereocenters. The van der Waals surface area contributed by atoms with E-state index in [0.717, 1.165) is 32.1 Å². The minimum atomic E-state index is 0.720. The molecule has 3 nitrogen and oxygen atoms in total. The largest absolute Gasteiger partial charge is 0.354 e. The third-order valence-corrected chi connectivity index (χ3v) is 2.72. The van der Waals surface area contributed by atoms with E-state index in [4.69, 9.17) is 0 Å². The van der Waals surface area contributed by atoms with E-state index in [-0.39, 0.29) is 0 Å². The van der Waals surface area contributed by atoms with E-state index in [1.807, 2.05) is 0 Å². The predicted molar refractivity (Wildman–Crippen MR) is 74.1 cm³/mol. The summed E-state index contributed by atoms with van der Waals surface area (Å²) in [5, 5.41) is 3.47. The van der Waals surface area contributed by atoms with Crippen LogP contribution in [-0.4, -0.2) is 36.7 Å². The standard InChI is InChI=1S/C14H27N3/c1-13(2)10-15-11-14-6-9-17(12-14)8-5-7-16(3)4/h6,9,12-13,15H,5,7-8,10-11H2,1-4H3. The fraction of sp³-hybridized carbons (Fsp3) is 0.714. The number of rotatable bonds is 8. The molecule has 0 bridgehead atoms. The predicted octanol–water partition coefficient (Wildman–Crippen LogP) is 2.19. The number of nitrogens with one attached hydrogen (secondary N) is 1. The molecule has 98 valence electrons. The van der Waals surface area contributed by atoms with E-state index in [1.165, 1.54) is 12.0 Å². The van der Waals surface area contributed by atoms with Crippen LogP contribution in [0.3, 0.4) is 0 Å². The van der Waals surface area contributed by atoms with E-state index in [1.54, 1.807) is 0 Å². The number of hydrogen-bond acceptors (Lipinski definition) is 2. The van der Waals surface area contributed by atoms with Crippen molar-refractivity contribution in [2.45, 2.75) is 33.4 Å². The lowest BCUT2D eigenvalue weighted by Crippen LogP contribution is -2.18. The Bertz CT molecular complexity index is 274. The van der Waals surface area contributed by atoms with Crippen LogP contribution >= 0.6 is 0 Å². The maximum absolute atomic E-state index is 3.47. The molecule has 0 radical (unpaired) electrons. The number of aryl methyl sites for hydroxylation is 1. The Morgan fingerprint density at radius 2 is 2.12 bits per heavy atom. The second-order valence-corrected chi connectivity index (χ2v) is 5.44. The Labute approximate surface area is 106 Å². The maximum Gasteiger partial charge on any atom is 0.0231 e. The van der Waals surface area contributed by atoms with E-state index in [0.29, 0.717) is 0 Å². The second-order valence-electron chi connectivity index (χ2n) is 5.44. The fourth-order valence-corrected chi connectivity index (χ4v) is 1.81. The van der Waals surface area contributed by atoms with Crippen LogP contribution in [-0.2, 0) is 13.1 Å². The van der Waals surface area contributed by atoms with Gasteiger partial charge in [0.1, 0.15) is 0 Å². The summed E-state index contributed by atoms with van der Waals surface area (Å²) in [4.78, 5) is 2.23. The van der Waals surface area contributed by atoms with Crippen molar-refractivity contribution in [2.75, 3.05) is 27.2 Å². The zero-order valence-electron chi connectivity index (χ0n) is 11.7. The van der Waals surface area contributed by atoms with Crippen LogP contribution in [0, 0.1) is 5.92 Å². The molecule has 17 heavy (non-hydrogen) atoms. The molecule has 0 saturated heterocycles. The quantitative estimate of drug-likeness (QED) is 0.748. The van der Waals surface area contributed by atoms with Crippen molar-refractivity contribution in [1.29, 1.82) is 0 Å². The lowest BCUT2D eigenvalue weighted by Gasteiger charge is -2.09. The smallest absolute Gasteiger partial charge is 0.0231 e. The van der Waals surface area contributed by atoms with E-state index in [9.17, 15) is 0 Å². The van der Waals surface area contributed by atoms with Crippen molar-refractivity contribution in [3.8, 4) is 0 Å².